The van der Waals surface area contributed by atoms with Gasteiger partial charge in [0.15, 0.2) is 5.78 Å². The van der Waals surface area contributed by atoms with Crippen molar-refractivity contribution in [3.63, 3.8) is 0 Å². The summed E-state index contributed by atoms with van der Waals surface area (Å²) in [6.45, 7) is 3.45. The quantitative estimate of drug-likeness (QED) is 0.674. The number of benzene rings is 1. The van der Waals surface area contributed by atoms with Crippen molar-refractivity contribution in [2.24, 2.45) is 0 Å². The van der Waals surface area contributed by atoms with Gasteiger partial charge in [-0.15, -0.1) is 0 Å². The predicted octanol–water partition coefficient (Wildman–Crippen LogP) is 2.79. The van der Waals surface area contributed by atoms with Crippen LogP contribution in [0, 0.1) is 13.8 Å². The molecule has 5 heteroatoms. The van der Waals surface area contributed by atoms with Gasteiger partial charge in [-0.05, 0) is 37.1 Å². The van der Waals surface area contributed by atoms with Gasteiger partial charge in [0, 0.05) is 11.1 Å². The first kappa shape index (κ1) is 14.3. The van der Waals surface area contributed by atoms with E-state index in [4.69, 9.17) is 21.4 Å². The average Bonchev–Trinajstić information content (AvgIpc) is 2.30. The van der Waals surface area contributed by atoms with E-state index in [0.717, 1.165) is 17.7 Å². The lowest BCUT2D eigenvalue weighted by Crippen LogP contribution is -2.05. The van der Waals surface area contributed by atoms with Crippen LogP contribution in [0.5, 0.6) is 5.75 Å². The zero-order chi connectivity index (χ0) is 13.9. The number of rotatable bonds is 4. The fourth-order valence-electron chi connectivity index (χ4n) is 1.64. The summed E-state index contributed by atoms with van der Waals surface area (Å²) < 4.78 is 5.18. The molecule has 0 aliphatic heterocycles. The maximum absolute atomic E-state index is 12.0. The van der Waals surface area contributed by atoms with Crippen molar-refractivity contribution in [2.45, 2.75) is 13.8 Å². The molecular formula is C13H13ClO4. The number of ether oxygens (including phenoxy) is 1. The summed E-state index contributed by atoms with van der Waals surface area (Å²) in [5.74, 6) is -1.21. The second-order valence-corrected chi connectivity index (χ2v) is 4.15. The van der Waals surface area contributed by atoms with E-state index in [1.807, 2.05) is 0 Å². The highest BCUT2D eigenvalue weighted by Gasteiger charge is 2.18. The lowest BCUT2D eigenvalue weighted by Gasteiger charge is -2.13. The molecule has 0 fully saturated rings. The Labute approximate surface area is 110 Å². The molecule has 0 radical (unpaired) electrons. The van der Waals surface area contributed by atoms with E-state index in [0.29, 0.717) is 21.9 Å². The molecule has 96 valence electrons. The van der Waals surface area contributed by atoms with Gasteiger partial charge in [0.05, 0.1) is 12.7 Å². The molecule has 0 bridgehead atoms. The van der Waals surface area contributed by atoms with Crippen molar-refractivity contribution in [3.8, 4) is 5.75 Å². The third-order valence-corrected chi connectivity index (χ3v) is 2.88. The monoisotopic (exact) mass is 268 g/mol. The van der Waals surface area contributed by atoms with Gasteiger partial charge in [0.1, 0.15) is 5.75 Å². The maximum atomic E-state index is 12.0. The number of ketones is 1. The van der Waals surface area contributed by atoms with Crippen LogP contribution in [-0.4, -0.2) is 24.0 Å². The van der Waals surface area contributed by atoms with E-state index in [1.54, 1.807) is 19.9 Å². The normalized spacial score (nSPS) is 10.7. The van der Waals surface area contributed by atoms with Gasteiger partial charge in [0.2, 0.25) is 0 Å². The summed E-state index contributed by atoms with van der Waals surface area (Å²) in [5, 5.41) is 8.96. The highest BCUT2D eigenvalue weighted by atomic mass is 35.5. The Kier molecular flexibility index (Phi) is 4.50. The number of methoxy groups -OCH3 is 1. The summed E-state index contributed by atoms with van der Waals surface area (Å²) in [4.78, 5) is 22.4. The van der Waals surface area contributed by atoms with Gasteiger partial charge in [-0.2, -0.15) is 0 Å². The Morgan fingerprint density at radius 3 is 2.44 bits per heavy atom. The van der Waals surface area contributed by atoms with E-state index in [-0.39, 0.29) is 0 Å². The topological polar surface area (TPSA) is 63.6 Å². The molecule has 1 aromatic rings. The molecule has 0 aliphatic carbocycles. The molecule has 0 heterocycles. The molecule has 0 saturated carbocycles. The van der Waals surface area contributed by atoms with Gasteiger partial charge in [-0.25, -0.2) is 4.79 Å². The van der Waals surface area contributed by atoms with Gasteiger partial charge in [0.25, 0.3) is 0 Å². The first-order valence-electron chi connectivity index (χ1n) is 5.17. The number of carbonyl (C=O) groups is 2. The molecule has 0 amide bonds. The number of allylic oxidation sites excluding steroid dienone is 1. The number of halogens is 1. The summed E-state index contributed by atoms with van der Waals surface area (Å²) in [6.07, 6.45) is 1.78. The van der Waals surface area contributed by atoms with Crippen molar-refractivity contribution in [2.75, 3.05) is 7.11 Å². The number of aryl methyl sites for hydroxylation is 1. The number of carbonyl (C=O) groups excluding carboxylic acids is 1. The van der Waals surface area contributed by atoms with E-state index in [9.17, 15) is 9.59 Å². The molecule has 0 unspecified atom stereocenters. The van der Waals surface area contributed by atoms with Gasteiger partial charge in [-0.1, -0.05) is 11.6 Å². The van der Waals surface area contributed by atoms with Crippen LogP contribution >= 0.6 is 11.6 Å². The molecule has 18 heavy (non-hydrogen) atoms. The van der Waals surface area contributed by atoms with Crippen LogP contribution < -0.4 is 4.74 Å². The van der Waals surface area contributed by atoms with E-state index in [1.165, 1.54) is 7.11 Å². The van der Waals surface area contributed by atoms with Crippen LogP contribution in [0.2, 0.25) is 5.02 Å². The minimum absolute atomic E-state index is 0.292. The molecule has 1 N–H and O–H groups in total. The predicted molar refractivity (Wildman–Crippen MR) is 68.6 cm³/mol. The Hall–Kier alpha value is -1.81. The first-order chi connectivity index (χ1) is 8.38. The van der Waals surface area contributed by atoms with Gasteiger partial charge < -0.3 is 9.84 Å². The zero-order valence-corrected chi connectivity index (χ0v) is 11.0. The van der Waals surface area contributed by atoms with E-state index in [2.05, 4.69) is 0 Å². The Balaban J connectivity index is 3.38. The molecule has 0 atom stereocenters. The number of hydrogen-bond donors (Lipinski definition) is 1. The Morgan fingerprint density at radius 2 is 1.94 bits per heavy atom. The van der Waals surface area contributed by atoms with Crippen LogP contribution in [0.1, 0.15) is 21.5 Å². The summed E-state index contributed by atoms with van der Waals surface area (Å²) in [6, 6.07) is 1.70. The third kappa shape index (κ3) is 2.90. The summed E-state index contributed by atoms with van der Waals surface area (Å²) in [5.41, 5.74) is 1.58. The second kappa shape index (κ2) is 5.69. The standard InChI is InChI=1S/C13H13ClO4/c1-7-6-9(14)8(2)12(13(7)18-3)10(15)4-5-11(16)17/h4-6H,1-3H3,(H,16,17)/b5-4+. The van der Waals surface area contributed by atoms with Gasteiger partial charge >= 0.3 is 5.97 Å². The fourth-order valence-corrected chi connectivity index (χ4v) is 1.90. The molecule has 1 rings (SSSR count). The van der Waals surface area contributed by atoms with Crippen molar-refractivity contribution in [1.82, 2.24) is 0 Å². The molecule has 0 spiro atoms. The minimum Gasteiger partial charge on any atom is -0.496 e. The molecular weight excluding hydrogens is 256 g/mol. The molecule has 4 nitrogen and oxygen atoms in total. The SMILES string of the molecule is COc1c(C)cc(Cl)c(C)c1C(=O)/C=C/C(=O)O. The molecule has 1 aromatic carbocycles. The highest BCUT2D eigenvalue weighted by molar-refractivity contribution is 6.32. The Bertz CT molecular complexity index is 532. The maximum Gasteiger partial charge on any atom is 0.328 e. The average molecular weight is 269 g/mol. The Morgan fingerprint density at radius 1 is 1.33 bits per heavy atom. The van der Waals surface area contributed by atoms with Crippen LogP contribution in [0.15, 0.2) is 18.2 Å². The summed E-state index contributed by atoms with van der Waals surface area (Å²) >= 11 is 6.01. The molecule has 0 saturated heterocycles. The zero-order valence-electron chi connectivity index (χ0n) is 10.3. The molecule has 0 aliphatic rings. The molecule has 0 aromatic heterocycles. The number of hydrogen-bond acceptors (Lipinski definition) is 3. The minimum atomic E-state index is -1.18. The number of aliphatic carboxylic acids is 1. The van der Waals surface area contributed by atoms with E-state index < -0.39 is 11.8 Å². The fraction of sp³-hybridized carbons (Fsp3) is 0.231. The summed E-state index contributed by atoms with van der Waals surface area (Å²) in [7, 11) is 1.45. The largest absolute Gasteiger partial charge is 0.496 e. The second-order valence-electron chi connectivity index (χ2n) is 3.74. The highest BCUT2D eigenvalue weighted by Crippen LogP contribution is 2.32. The number of carboxylic acids is 1. The van der Waals surface area contributed by atoms with Crippen LogP contribution in [-0.2, 0) is 4.79 Å². The lowest BCUT2D eigenvalue weighted by atomic mass is 9.99. The van der Waals surface area contributed by atoms with Crippen LogP contribution in [0.25, 0.3) is 0 Å². The van der Waals surface area contributed by atoms with Crippen LogP contribution in [0.4, 0.5) is 0 Å². The van der Waals surface area contributed by atoms with Crippen molar-refractivity contribution < 1.29 is 19.4 Å². The van der Waals surface area contributed by atoms with Crippen molar-refractivity contribution in [3.05, 3.63) is 39.9 Å². The number of carboxylic acid groups (broad SMARTS) is 1. The van der Waals surface area contributed by atoms with Crippen LogP contribution in [0.3, 0.4) is 0 Å². The lowest BCUT2D eigenvalue weighted by molar-refractivity contribution is -0.131. The first-order valence-corrected chi connectivity index (χ1v) is 5.55. The third-order valence-electron chi connectivity index (χ3n) is 2.49. The van der Waals surface area contributed by atoms with Gasteiger partial charge in [-0.3, -0.25) is 4.79 Å². The smallest absolute Gasteiger partial charge is 0.328 e. The van der Waals surface area contributed by atoms with E-state index >= 15 is 0 Å². The van der Waals surface area contributed by atoms with Crippen molar-refractivity contribution in [1.29, 1.82) is 0 Å². The van der Waals surface area contributed by atoms with Crippen molar-refractivity contribution >= 4 is 23.4 Å².